The molecule has 2 rings (SSSR count). The molecule has 0 amide bonds. The Balaban J connectivity index is 2.21. The van der Waals surface area contributed by atoms with E-state index in [2.05, 4.69) is 9.72 Å². The molecule has 21 heavy (non-hydrogen) atoms. The zero-order valence-corrected chi connectivity index (χ0v) is 12.2. The van der Waals surface area contributed by atoms with Crippen molar-refractivity contribution >= 4 is 17.6 Å². The summed E-state index contributed by atoms with van der Waals surface area (Å²) >= 11 is 5.88. The zero-order valence-electron chi connectivity index (χ0n) is 11.4. The van der Waals surface area contributed by atoms with Gasteiger partial charge in [0.2, 0.25) is 0 Å². The summed E-state index contributed by atoms with van der Waals surface area (Å²) in [5.74, 6) is -0.453. The number of carbonyl (C=O) groups excluding carboxylic acids is 1. The number of halogens is 1. The molecule has 0 bridgehead atoms. The number of carbonyl (C=O) groups is 1. The monoisotopic (exact) mass is 306 g/mol. The quantitative estimate of drug-likeness (QED) is 0.843. The molecule has 5 nitrogen and oxygen atoms in total. The number of nitrogens with two attached hydrogens (primary N) is 1. The maximum absolute atomic E-state index is 11.8. The van der Waals surface area contributed by atoms with Gasteiger partial charge in [-0.25, -0.2) is 0 Å². The number of methoxy groups -OCH3 is 1. The standard InChI is InChI=1S/C15H15ClN2O3/c1-21-15(20)13(17)6-9-2-4-10(5-3-9)12-7-11(16)8-18-14(12)19/h2-5,7-8,13H,6,17H2,1H3,(H,18,19). The van der Waals surface area contributed by atoms with E-state index in [0.29, 0.717) is 17.0 Å². The lowest BCUT2D eigenvalue weighted by Crippen LogP contribution is -2.33. The Hall–Kier alpha value is -2.11. The fourth-order valence-electron chi connectivity index (χ4n) is 1.98. The lowest BCUT2D eigenvalue weighted by molar-refractivity contribution is -0.142. The molecule has 0 aliphatic heterocycles. The van der Waals surface area contributed by atoms with E-state index in [4.69, 9.17) is 17.3 Å². The topological polar surface area (TPSA) is 85.2 Å². The van der Waals surface area contributed by atoms with Crippen molar-refractivity contribution in [2.75, 3.05) is 7.11 Å². The number of hydrogen-bond acceptors (Lipinski definition) is 4. The first-order chi connectivity index (χ1) is 10.0. The van der Waals surface area contributed by atoms with Crippen LogP contribution in [0.4, 0.5) is 0 Å². The van der Waals surface area contributed by atoms with Crippen LogP contribution in [-0.4, -0.2) is 24.1 Å². The van der Waals surface area contributed by atoms with E-state index in [0.717, 1.165) is 11.1 Å². The lowest BCUT2D eigenvalue weighted by Gasteiger charge is -2.09. The Bertz CT molecular complexity index is 695. The van der Waals surface area contributed by atoms with Gasteiger partial charge in [0.25, 0.3) is 5.56 Å². The summed E-state index contributed by atoms with van der Waals surface area (Å²) in [6.07, 6.45) is 1.82. The molecule has 2 aromatic rings. The molecule has 6 heteroatoms. The van der Waals surface area contributed by atoms with Gasteiger partial charge in [0.15, 0.2) is 0 Å². The maximum atomic E-state index is 11.8. The Kier molecular flexibility index (Phi) is 4.77. The van der Waals surface area contributed by atoms with Gasteiger partial charge in [-0.3, -0.25) is 9.59 Å². The van der Waals surface area contributed by atoms with Crippen LogP contribution in [0, 0.1) is 0 Å². The molecule has 110 valence electrons. The minimum Gasteiger partial charge on any atom is -0.468 e. The highest BCUT2D eigenvalue weighted by Gasteiger charge is 2.14. The Labute approximate surface area is 126 Å². The van der Waals surface area contributed by atoms with Gasteiger partial charge in [-0.05, 0) is 23.6 Å². The van der Waals surface area contributed by atoms with E-state index in [1.807, 2.05) is 12.1 Å². The summed E-state index contributed by atoms with van der Waals surface area (Å²) in [5, 5.41) is 0.460. The average molecular weight is 307 g/mol. The minimum atomic E-state index is -0.699. The number of hydrogen-bond donors (Lipinski definition) is 2. The van der Waals surface area contributed by atoms with Crippen molar-refractivity contribution in [2.24, 2.45) is 5.73 Å². The van der Waals surface area contributed by atoms with Crippen molar-refractivity contribution in [2.45, 2.75) is 12.5 Å². The van der Waals surface area contributed by atoms with Gasteiger partial charge >= 0.3 is 5.97 Å². The molecule has 1 atom stereocenters. The molecule has 1 aromatic heterocycles. The molecule has 0 aliphatic carbocycles. The second-order valence-electron chi connectivity index (χ2n) is 4.59. The van der Waals surface area contributed by atoms with Gasteiger partial charge < -0.3 is 15.5 Å². The van der Waals surface area contributed by atoms with Crippen LogP contribution in [0.25, 0.3) is 11.1 Å². The van der Waals surface area contributed by atoms with Crippen LogP contribution in [0.1, 0.15) is 5.56 Å². The number of benzene rings is 1. The van der Waals surface area contributed by atoms with Crippen LogP contribution in [0.2, 0.25) is 5.02 Å². The second kappa shape index (κ2) is 6.56. The number of ether oxygens (including phenoxy) is 1. The molecule has 1 aromatic carbocycles. The Morgan fingerprint density at radius 3 is 2.67 bits per heavy atom. The molecule has 1 unspecified atom stereocenters. The molecule has 0 radical (unpaired) electrons. The number of esters is 1. The predicted octanol–water partition coefficient (Wildman–Crippen LogP) is 1.74. The largest absolute Gasteiger partial charge is 0.468 e. The second-order valence-corrected chi connectivity index (χ2v) is 5.03. The Morgan fingerprint density at radius 1 is 1.38 bits per heavy atom. The number of H-pyrrole nitrogens is 1. The van der Waals surface area contributed by atoms with Crippen LogP contribution >= 0.6 is 11.6 Å². The van der Waals surface area contributed by atoms with Crippen LogP contribution in [0.3, 0.4) is 0 Å². The number of nitrogens with one attached hydrogen (secondary N) is 1. The number of rotatable bonds is 4. The molecule has 0 saturated heterocycles. The molecule has 0 aliphatic rings. The SMILES string of the molecule is COC(=O)C(N)Cc1ccc(-c2cc(Cl)c[nH]c2=O)cc1. The van der Waals surface area contributed by atoms with Gasteiger partial charge in [-0.2, -0.15) is 0 Å². The average Bonchev–Trinajstić information content (AvgIpc) is 2.49. The van der Waals surface area contributed by atoms with Crippen molar-refractivity contribution in [1.29, 1.82) is 0 Å². The summed E-state index contributed by atoms with van der Waals surface area (Å²) in [7, 11) is 1.30. The van der Waals surface area contributed by atoms with Gasteiger partial charge in [0.05, 0.1) is 12.1 Å². The van der Waals surface area contributed by atoms with Gasteiger partial charge in [0, 0.05) is 11.8 Å². The fourth-order valence-corrected chi connectivity index (χ4v) is 2.14. The molecular weight excluding hydrogens is 292 g/mol. The summed E-state index contributed by atoms with van der Waals surface area (Å²) in [6, 6.07) is 8.13. The van der Waals surface area contributed by atoms with E-state index in [9.17, 15) is 9.59 Å². The highest BCUT2D eigenvalue weighted by Crippen LogP contribution is 2.19. The summed E-state index contributed by atoms with van der Waals surface area (Å²) in [4.78, 5) is 25.6. The molecule has 0 spiro atoms. The van der Waals surface area contributed by atoms with E-state index in [-0.39, 0.29) is 5.56 Å². The first-order valence-electron chi connectivity index (χ1n) is 6.32. The van der Waals surface area contributed by atoms with Crippen LogP contribution in [0.15, 0.2) is 41.3 Å². The third-order valence-corrected chi connectivity index (χ3v) is 3.31. The fraction of sp³-hybridized carbons (Fsp3) is 0.200. The van der Waals surface area contributed by atoms with Crippen molar-refractivity contribution in [3.63, 3.8) is 0 Å². The van der Waals surface area contributed by atoms with E-state index < -0.39 is 12.0 Å². The third-order valence-electron chi connectivity index (χ3n) is 3.09. The highest BCUT2D eigenvalue weighted by molar-refractivity contribution is 6.30. The van der Waals surface area contributed by atoms with Crippen molar-refractivity contribution in [3.05, 3.63) is 57.5 Å². The Morgan fingerprint density at radius 2 is 2.05 bits per heavy atom. The molecule has 1 heterocycles. The van der Waals surface area contributed by atoms with Crippen molar-refractivity contribution in [3.8, 4) is 11.1 Å². The van der Waals surface area contributed by atoms with E-state index >= 15 is 0 Å². The molecule has 3 N–H and O–H groups in total. The van der Waals surface area contributed by atoms with E-state index in [1.165, 1.54) is 13.3 Å². The third kappa shape index (κ3) is 3.71. The predicted molar refractivity (Wildman–Crippen MR) is 81.2 cm³/mol. The minimum absolute atomic E-state index is 0.210. The van der Waals surface area contributed by atoms with Gasteiger partial charge in [-0.1, -0.05) is 35.9 Å². The van der Waals surface area contributed by atoms with Crippen LogP contribution in [-0.2, 0) is 16.0 Å². The smallest absolute Gasteiger partial charge is 0.322 e. The van der Waals surface area contributed by atoms with Gasteiger partial charge in [0.1, 0.15) is 6.04 Å². The molecular formula is C15H15ClN2O3. The summed E-state index contributed by atoms with van der Waals surface area (Å²) in [6.45, 7) is 0. The highest BCUT2D eigenvalue weighted by atomic mass is 35.5. The van der Waals surface area contributed by atoms with Crippen molar-refractivity contribution < 1.29 is 9.53 Å². The molecule has 0 saturated carbocycles. The maximum Gasteiger partial charge on any atom is 0.322 e. The van der Waals surface area contributed by atoms with Gasteiger partial charge in [-0.15, -0.1) is 0 Å². The number of pyridine rings is 1. The molecule has 0 fully saturated rings. The zero-order chi connectivity index (χ0) is 15.4. The van der Waals surface area contributed by atoms with E-state index in [1.54, 1.807) is 18.2 Å². The van der Waals surface area contributed by atoms with Crippen LogP contribution in [0.5, 0.6) is 0 Å². The summed E-state index contributed by atoms with van der Waals surface area (Å²) < 4.78 is 4.58. The van der Waals surface area contributed by atoms with Crippen molar-refractivity contribution in [1.82, 2.24) is 4.98 Å². The number of aromatic amines is 1. The number of aromatic nitrogens is 1. The lowest BCUT2D eigenvalue weighted by atomic mass is 10.0. The van der Waals surface area contributed by atoms with Crippen LogP contribution < -0.4 is 11.3 Å². The first kappa shape index (κ1) is 15.3. The normalized spacial score (nSPS) is 12.0. The summed E-state index contributed by atoms with van der Waals surface area (Å²) in [5.41, 5.74) is 7.62. The first-order valence-corrected chi connectivity index (χ1v) is 6.70.